The lowest BCUT2D eigenvalue weighted by molar-refractivity contribution is -0.121. The smallest absolute Gasteiger partial charge is 0.231 e. The monoisotopic (exact) mass is 366 g/mol. The van der Waals surface area contributed by atoms with Gasteiger partial charge in [0.05, 0.1) is 0 Å². The highest BCUT2D eigenvalue weighted by Crippen LogP contribution is 2.37. The molecule has 0 aromatic heterocycles. The van der Waals surface area contributed by atoms with E-state index in [9.17, 15) is 9.59 Å². The molecule has 1 saturated heterocycles. The second-order valence-electron chi connectivity index (χ2n) is 6.90. The van der Waals surface area contributed by atoms with Gasteiger partial charge in [0.1, 0.15) is 0 Å². The van der Waals surface area contributed by atoms with Crippen LogP contribution in [0.5, 0.6) is 11.5 Å². The van der Waals surface area contributed by atoms with Crippen LogP contribution < -0.4 is 19.7 Å². The van der Waals surface area contributed by atoms with Crippen LogP contribution in [0.1, 0.15) is 18.4 Å². The van der Waals surface area contributed by atoms with E-state index in [4.69, 9.17) is 9.47 Å². The van der Waals surface area contributed by atoms with Crippen molar-refractivity contribution in [2.24, 2.45) is 5.92 Å². The van der Waals surface area contributed by atoms with Crippen LogP contribution in [-0.4, -0.2) is 31.7 Å². The molecule has 0 radical (unpaired) electrons. The van der Waals surface area contributed by atoms with Gasteiger partial charge in [-0.1, -0.05) is 30.3 Å². The fourth-order valence-corrected chi connectivity index (χ4v) is 3.47. The van der Waals surface area contributed by atoms with Crippen LogP contribution in [0.15, 0.2) is 48.5 Å². The molecule has 2 amide bonds. The summed E-state index contributed by atoms with van der Waals surface area (Å²) >= 11 is 0. The molecule has 0 aliphatic carbocycles. The van der Waals surface area contributed by atoms with Crippen molar-refractivity contribution in [2.75, 3.05) is 24.8 Å². The van der Waals surface area contributed by atoms with Crippen LogP contribution >= 0.6 is 0 Å². The van der Waals surface area contributed by atoms with Gasteiger partial charge in [-0.3, -0.25) is 9.59 Å². The number of carbonyl (C=O) groups is 2. The van der Waals surface area contributed by atoms with Gasteiger partial charge >= 0.3 is 0 Å². The van der Waals surface area contributed by atoms with E-state index >= 15 is 0 Å². The Bertz CT molecular complexity index is 837. The van der Waals surface area contributed by atoms with Crippen molar-refractivity contribution < 1.29 is 19.1 Å². The fourth-order valence-electron chi connectivity index (χ4n) is 3.47. The number of nitrogens with zero attached hydrogens (tertiary/aromatic N) is 1. The summed E-state index contributed by atoms with van der Waals surface area (Å²) in [6, 6.07) is 15.5. The maximum atomic E-state index is 12.4. The van der Waals surface area contributed by atoms with Gasteiger partial charge in [-0.05, 0) is 24.1 Å². The van der Waals surface area contributed by atoms with Crippen molar-refractivity contribution in [2.45, 2.75) is 19.3 Å². The molecule has 1 unspecified atom stereocenters. The number of ether oxygens (including phenoxy) is 2. The Morgan fingerprint density at radius 2 is 1.93 bits per heavy atom. The molecule has 140 valence electrons. The average molecular weight is 366 g/mol. The zero-order valence-corrected chi connectivity index (χ0v) is 15.0. The van der Waals surface area contributed by atoms with E-state index in [-0.39, 0.29) is 24.5 Å². The van der Waals surface area contributed by atoms with E-state index < -0.39 is 0 Å². The summed E-state index contributed by atoms with van der Waals surface area (Å²) in [4.78, 5) is 26.2. The third-order valence-corrected chi connectivity index (χ3v) is 4.94. The highest BCUT2D eigenvalue weighted by Gasteiger charge is 2.31. The van der Waals surface area contributed by atoms with Gasteiger partial charge in [0.2, 0.25) is 18.6 Å². The lowest BCUT2D eigenvalue weighted by Crippen LogP contribution is -2.31. The van der Waals surface area contributed by atoms with Crippen molar-refractivity contribution in [3.05, 3.63) is 54.1 Å². The molecule has 6 nitrogen and oxygen atoms in total. The minimum Gasteiger partial charge on any atom is -0.454 e. The largest absolute Gasteiger partial charge is 0.454 e. The summed E-state index contributed by atoms with van der Waals surface area (Å²) in [5.41, 5.74) is 1.96. The van der Waals surface area contributed by atoms with Crippen LogP contribution in [0.2, 0.25) is 0 Å². The molecular formula is C21H22N2O4. The first-order valence-electron chi connectivity index (χ1n) is 9.19. The summed E-state index contributed by atoms with van der Waals surface area (Å²) in [5, 5.41) is 2.97. The van der Waals surface area contributed by atoms with Crippen LogP contribution in [0, 0.1) is 5.92 Å². The van der Waals surface area contributed by atoms with Crippen LogP contribution in [0.25, 0.3) is 0 Å². The third kappa shape index (κ3) is 4.05. The normalized spacial score (nSPS) is 18.0. The molecule has 2 aromatic rings. The number of benzene rings is 2. The van der Waals surface area contributed by atoms with Gasteiger partial charge in [0, 0.05) is 43.6 Å². The molecule has 0 saturated carbocycles. The van der Waals surface area contributed by atoms with Crippen LogP contribution in [0.4, 0.5) is 5.69 Å². The van der Waals surface area contributed by atoms with Crippen molar-refractivity contribution in [1.82, 2.24) is 5.32 Å². The predicted molar refractivity (Wildman–Crippen MR) is 101 cm³/mol. The summed E-state index contributed by atoms with van der Waals surface area (Å²) < 4.78 is 10.7. The van der Waals surface area contributed by atoms with Crippen LogP contribution in [0.3, 0.4) is 0 Å². The van der Waals surface area contributed by atoms with Gasteiger partial charge < -0.3 is 19.7 Å². The molecule has 2 aliphatic rings. The number of carbonyl (C=O) groups excluding carboxylic acids is 2. The summed E-state index contributed by atoms with van der Waals surface area (Å²) in [6.45, 7) is 1.32. The maximum absolute atomic E-state index is 12.4. The Balaban J connectivity index is 1.27. The molecule has 2 aliphatic heterocycles. The summed E-state index contributed by atoms with van der Waals surface area (Å²) in [5.74, 6) is 1.57. The number of anilines is 1. The van der Waals surface area contributed by atoms with E-state index in [1.165, 1.54) is 0 Å². The van der Waals surface area contributed by atoms with Crippen molar-refractivity contribution in [1.29, 1.82) is 0 Å². The highest BCUT2D eigenvalue weighted by atomic mass is 16.7. The number of amides is 2. The number of nitrogens with one attached hydrogen (secondary N) is 1. The molecule has 4 rings (SSSR count). The van der Waals surface area contributed by atoms with Gasteiger partial charge in [-0.2, -0.15) is 0 Å². The van der Waals surface area contributed by atoms with E-state index in [2.05, 4.69) is 5.32 Å². The number of rotatable bonds is 6. The molecular weight excluding hydrogens is 344 g/mol. The molecule has 0 bridgehead atoms. The Kier molecular flexibility index (Phi) is 4.96. The fraction of sp³-hybridized carbons (Fsp3) is 0.333. The van der Waals surface area contributed by atoms with Gasteiger partial charge in [-0.15, -0.1) is 0 Å². The topological polar surface area (TPSA) is 67.9 Å². The minimum absolute atomic E-state index is 0.0211. The summed E-state index contributed by atoms with van der Waals surface area (Å²) in [6.07, 6.45) is 1.61. The number of hydrogen-bond donors (Lipinski definition) is 1. The average Bonchev–Trinajstić information content (AvgIpc) is 3.31. The zero-order valence-electron chi connectivity index (χ0n) is 15.0. The first-order valence-corrected chi connectivity index (χ1v) is 9.19. The van der Waals surface area contributed by atoms with Gasteiger partial charge in [-0.25, -0.2) is 0 Å². The molecule has 27 heavy (non-hydrogen) atoms. The van der Waals surface area contributed by atoms with Crippen molar-refractivity contribution >= 4 is 17.5 Å². The van der Waals surface area contributed by atoms with E-state index in [1.54, 1.807) is 4.90 Å². The zero-order chi connectivity index (χ0) is 18.6. The Labute approximate surface area is 158 Å². The molecule has 1 fully saturated rings. The lowest BCUT2D eigenvalue weighted by Gasteiger charge is -2.17. The van der Waals surface area contributed by atoms with Gasteiger partial charge in [0.25, 0.3) is 0 Å². The second-order valence-corrected chi connectivity index (χ2v) is 6.90. The quantitative estimate of drug-likeness (QED) is 0.853. The number of aryl methyl sites for hydroxylation is 1. The SMILES string of the molecule is O=C(CCc1ccccc1)NCC1CC(=O)N(c2ccc3c(c2)OCO3)C1. The molecule has 6 heteroatoms. The molecule has 1 atom stereocenters. The summed E-state index contributed by atoms with van der Waals surface area (Å²) in [7, 11) is 0. The number of fused-ring (bicyclic) bond motifs is 1. The number of hydrogen-bond acceptors (Lipinski definition) is 4. The van der Waals surface area contributed by atoms with Crippen LogP contribution in [-0.2, 0) is 16.0 Å². The predicted octanol–water partition coefficient (Wildman–Crippen LogP) is 2.52. The minimum atomic E-state index is 0.0211. The first-order chi connectivity index (χ1) is 13.2. The molecule has 2 aromatic carbocycles. The Morgan fingerprint density at radius 1 is 1.11 bits per heavy atom. The van der Waals surface area contributed by atoms with Crippen molar-refractivity contribution in [3.8, 4) is 11.5 Å². The van der Waals surface area contributed by atoms with E-state index in [0.717, 1.165) is 17.7 Å². The second kappa shape index (κ2) is 7.70. The Morgan fingerprint density at radius 3 is 2.78 bits per heavy atom. The standard InChI is InChI=1S/C21H22N2O4/c24-20(9-6-15-4-2-1-3-5-15)22-12-16-10-21(25)23(13-16)17-7-8-18-19(11-17)27-14-26-18/h1-5,7-8,11,16H,6,9-10,12-14H2,(H,22,24). The molecule has 0 spiro atoms. The Hall–Kier alpha value is -3.02. The van der Waals surface area contributed by atoms with Crippen molar-refractivity contribution in [3.63, 3.8) is 0 Å². The highest BCUT2D eigenvalue weighted by molar-refractivity contribution is 5.96. The third-order valence-electron chi connectivity index (χ3n) is 4.94. The lowest BCUT2D eigenvalue weighted by atomic mass is 10.1. The molecule has 2 heterocycles. The van der Waals surface area contributed by atoms with E-state index in [0.29, 0.717) is 37.4 Å². The first kappa shape index (κ1) is 17.4. The van der Waals surface area contributed by atoms with E-state index in [1.807, 2.05) is 48.5 Å². The maximum Gasteiger partial charge on any atom is 0.231 e. The molecule has 1 N–H and O–H groups in total. The van der Waals surface area contributed by atoms with Gasteiger partial charge in [0.15, 0.2) is 11.5 Å².